The molecule has 0 aromatic carbocycles. The van der Waals surface area contributed by atoms with E-state index in [4.69, 9.17) is 5.11 Å². The van der Waals surface area contributed by atoms with E-state index in [0.29, 0.717) is 21.4 Å². The molecule has 15 heavy (non-hydrogen) atoms. The van der Waals surface area contributed by atoms with Gasteiger partial charge in [0.1, 0.15) is 9.21 Å². The van der Waals surface area contributed by atoms with Gasteiger partial charge in [-0.3, -0.25) is 4.79 Å². The van der Waals surface area contributed by atoms with Crippen molar-refractivity contribution in [3.63, 3.8) is 0 Å². The second-order valence-electron chi connectivity index (χ2n) is 2.71. The minimum Gasteiger partial charge on any atom is -0.396 e. The zero-order chi connectivity index (χ0) is 11.3. The molecular formula is C8H9Br2N3O2. The summed E-state index contributed by atoms with van der Waals surface area (Å²) < 4.78 is 1.05. The van der Waals surface area contributed by atoms with Gasteiger partial charge >= 0.3 is 0 Å². The molecule has 82 valence electrons. The lowest BCUT2D eigenvalue weighted by Crippen LogP contribution is -2.13. The van der Waals surface area contributed by atoms with Gasteiger partial charge in [-0.25, -0.2) is 9.97 Å². The van der Waals surface area contributed by atoms with Crippen LogP contribution in [0.3, 0.4) is 0 Å². The number of nitrogens with one attached hydrogen (secondary N) is 1. The highest BCUT2D eigenvalue weighted by molar-refractivity contribution is 9.11. The number of amides is 1. The van der Waals surface area contributed by atoms with Crippen LogP contribution < -0.4 is 5.32 Å². The molecule has 0 atom stereocenters. The Morgan fingerprint density at radius 1 is 1.53 bits per heavy atom. The normalized spacial score (nSPS) is 10.1. The average Bonchev–Trinajstić information content (AvgIpc) is 2.19. The van der Waals surface area contributed by atoms with Crippen molar-refractivity contribution in [2.75, 3.05) is 11.9 Å². The molecule has 0 spiro atoms. The van der Waals surface area contributed by atoms with Crippen molar-refractivity contribution in [2.24, 2.45) is 0 Å². The number of carbonyl (C=O) groups excluding carboxylic acids is 1. The van der Waals surface area contributed by atoms with E-state index in [1.54, 1.807) is 0 Å². The minimum absolute atomic E-state index is 0.000601. The van der Waals surface area contributed by atoms with Crippen LogP contribution in [0.15, 0.2) is 15.4 Å². The van der Waals surface area contributed by atoms with E-state index in [1.165, 1.54) is 6.20 Å². The fraction of sp³-hybridized carbons (Fsp3) is 0.375. The number of halogens is 2. The molecule has 1 aromatic heterocycles. The summed E-state index contributed by atoms with van der Waals surface area (Å²) in [5.41, 5.74) is 0. The lowest BCUT2D eigenvalue weighted by atomic mass is 10.3. The predicted octanol–water partition coefficient (Wildman–Crippen LogP) is 1.71. The van der Waals surface area contributed by atoms with Crippen LogP contribution in [0.5, 0.6) is 0 Å². The fourth-order valence-electron chi connectivity index (χ4n) is 0.865. The quantitative estimate of drug-likeness (QED) is 0.876. The van der Waals surface area contributed by atoms with Crippen LogP contribution >= 0.6 is 31.9 Å². The van der Waals surface area contributed by atoms with Crippen molar-refractivity contribution in [3.05, 3.63) is 15.4 Å². The van der Waals surface area contributed by atoms with Crippen LogP contribution in [0.2, 0.25) is 0 Å². The van der Waals surface area contributed by atoms with Gasteiger partial charge in [0, 0.05) is 13.0 Å². The molecule has 0 unspecified atom stereocenters. The van der Waals surface area contributed by atoms with Crippen LogP contribution in [0.4, 0.5) is 5.82 Å². The van der Waals surface area contributed by atoms with Crippen LogP contribution in [0.25, 0.3) is 0 Å². The SMILES string of the molecule is O=C(CCCO)Nc1ncc(Br)nc1Br. The average molecular weight is 339 g/mol. The number of aliphatic hydroxyl groups excluding tert-OH is 1. The lowest BCUT2D eigenvalue weighted by molar-refractivity contribution is -0.116. The fourth-order valence-corrected chi connectivity index (χ4v) is 1.77. The molecule has 2 N–H and O–H groups in total. The summed E-state index contributed by atoms with van der Waals surface area (Å²) in [7, 11) is 0. The maximum Gasteiger partial charge on any atom is 0.225 e. The number of carbonyl (C=O) groups is 1. The van der Waals surface area contributed by atoms with Crippen molar-refractivity contribution >= 4 is 43.6 Å². The number of hydrogen-bond donors (Lipinski definition) is 2. The molecule has 0 aliphatic carbocycles. The summed E-state index contributed by atoms with van der Waals surface area (Å²) in [5.74, 6) is 0.183. The second-order valence-corrected chi connectivity index (χ2v) is 4.27. The number of anilines is 1. The topological polar surface area (TPSA) is 75.1 Å². The summed E-state index contributed by atoms with van der Waals surface area (Å²) >= 11 is 6.33. The van der Waals surface area contributed by atoms with Gasteiger partial charge in [0.25, 0.3) is 0 Å². The van der Waals surface area contributed by atoms with Crippen LogP contribution in [-0.4, -0.2) is 27.6 Å². The number of hydrogen-bond acceptors (Lipinski definition) is 4. The number of rotatable bonds is 4. The molecule has 0 saturated heterocycles. The predicted molar refractivity (Wildman–Crippen MR) is 62.4 cm³/mol. The molecule has 0 aliphatic rings. The van der Waals surface area contributed by atoms with Gasteiger partial charge < -0.3 is 10.4 Å². The molecular weight excluding hydrogens is 330 g/mol. The Hall–Kier alpha value is -0.530. The first-order chi connectivity index (χ1) is 7.13. The zero-order valence-corrected chi connectivity index (χ0v) is 10.9. The largest absolute Gasteiger partial charge is 0.396 e. The van der Waals surface area contributed by atoms with Gasteiger partial charge in [0.2, 0.25) is 5.91 Å². The third-order valence-electron chi connectivity index (χ3n) is 1.52. The zero-order valence-electron chi connectivity index (χ0n) is 7.70. The van der Waals surface area contributed by atoms with Gasteiger partial charge in [-0.05, 0) is 38.3 Å². The maximum atomic E-state index is 11.3. The van der Waals surface area contributed by atoms with Crippen molar-refractivity contribution in [3.8, 4) is 0 Å². The second kappa shape index (κ2) is 6.14. The Morgan fingerprint density at radius 3 is 2.87 bits per heavy atom. The molecule has 1 aromatic rings. The summed E-state index contributed by atoms with van der Waals surface area (Å²) in [6.45, 7) is 0.000601. The number of aromatic nitrogens is 2. The van der Waals surface area contributed by atoms with Crippen LogP contribution in [0, 0.1) is 0 Å². The van der Waals surface area contributed by atoms with E-state index in [-0.39, 0.29) is 18.9 Å². The molecule has 0 radical (unpaired) electrons. The van der Waals surface area contributed by atoms with Gasteiger partial charge in [-0.15, -0.1) is 0 Å². The standard InChI is InChI=1S/C8H9Br2N3O2/c9-5-4-11-8(7(10)12-5)13-6(15)2-1-3-14/h4,14H,1-3H2,(H,11,13,15). The highest BCUT2D eigenvalue weighted by Crippen LogP contribution is 2.19. The van der Waals surface area contributed by atoms with E-state index in [2.05, 4.69) is 47.1 Å². The highest BCUT2D eigenvalue weighted by atomic mass is 79.9. The molecule has 1 rings (SSSR count). The Bertz CT molecular complexity index is 360. The van der Waals surface area contributed by atoms with E-state index in [9.17, 15) is 4.79 Å². The Kier molecular flexibility index (Phi) is 5.13. The smallest absolute Gasteiger partial charge is 0.225 e. The monoisotopic (exact) mass is 337 g/mol. The van der Waals surface area contributed by atoms with Crippen molar-refractivity contribution in [1.29, 1.82) is 0 Å². The third-order valence-corrected chi connectivity index (χ3v) is 2.46. The van der Waals surface area contributed by atoms with Crippen molar-refractivity contribution in [1.82, 2.24) is 9.97 Å². The van der Waals surface area contributed by atoms with E-state index in [1.807, 2.05) is 0 Å². The Labute approximate surface area is 104 Å². The van der Waals surface area contributed by atoms with Crippen LogP contribution in [-0.2, 0) is 4.79 Å². The van der Waals surface area contributed by atoms with Crippen molar-refractivity contribution in [2.45, 2.75) is 12.8 Å². The Balaban J connectivity index is 2.60. The maximum absolute atomic E-state index is 11.3. The van der Waals surface area contributed by atoms with E-state index >= 15 is 0 Å². The number of nitrogens with zero attached hydrogens (tertiary/aromatic N) is 2. The molecule has 0 saturated carbocycles. The first-order valence-electron chi connectivity index (χ1n) is 4.22. The first kappa shape index (κ1) is 12.5. The molecule has 1 heterocycles. The molecule has 0 aliphatic heterocycles. The summed E-state index contributed by atoms with van der Waals surface area (Å²) in [6.07, 6.45) is 2.19. The van der Waals surface area contributed by atoms with E-state index < -0.39 is 0 Å². The first-order valence-corrected chi connectivity index (χ1v) is 5.81. The van der Waals surface area contributed by atoms with Gasteiger partial charge in [-0.1, -0.05) is 0 Å². The van der Waals surface area contributed by atoms with Crippen LogP contribution in [0.1, 0.15) is 12.8 Å². The van der Waals surface area contributed by atoms with Gasteiger partial charge in [-0.2, -0.15) is 0 Å². The van der Waals surface area contributed by atoms with Gasteiger partial charge in [0.05, 0.1) is 6.20 Å². The summed E-state index contributed by atoms with van der Waals surface area (Å²) in [6, 6.07) is 0. The number of aliphatic hydroxyl groups is 1. The molecule has 1 amide bonds. The van der Waals surface area contributed by atoms with Gasteiger partial charge in [0.15, 0.2) is 5.82 Å². The third kappa shape index (κ3) is 4.23. The summed E-state index contributed by atoms with van der Waals surface area (Å²) in [5, 5.41) is 11.1. The molecule has 0 bridgehead atoms. The lowest BCUT2D eigenvalue weighted by Gasteiger charge is -2.04. The Morgan fingerprint density at radius 2 is 2.27 bits per heavy atom. The molecule has 0 fully saturated rings. The summed E-state index contributed by atoms with van der Waals surface area (Å²) in [4.78, 5) is 19.3. The van der Waals surface area contributed by atoms with Crippen molar-refractivity contribution < 1.29 is 9.90 Å². The minimum atomic E-state index is -0.193. The molecule has 5 nitrogen and oxygen atoms in total. The van der Waals surface area contributed by atoms with E-state index in [0.717, 1.165) is 0 Å². The highest BCUT2D eigenvalue weighted by Gasteiger charge is 2.07. The molecule has 7 heteroatoms.